The lowest BCUT2D eigenvalue weighted by atomic mass is 10.0. The highest BCUT2D eigenvalue weighted by molar-refractivity contribution is 5.38. The summed E-state index contributed by atoms with van der Waals surface area (Å²) < 4.78 is 5.46. The second kappa shape index (κ2) is 3.79. The minimum absolute atomic E-state index is 0.373. The van der Waals surface area contributed by atoms with Gasteiger partial charge in [0, 0.05) is 18.8 Å². The van der Waals surface area contributed by atoms with E-state index >= 15 is 0 Å². The Morgan fingerprint density at radius 3 is 3.31 bits per heavy atom. The minimum atomic E-state index is 0.373. The molecule has 1 saturated heterocycles. The van der Waals surface area contributed by atoms with Crippen molar-refractivity contribution in [2.45, 2.75) is 31.9 Å². The second-order valence-corrected chi connectivity index (χ2v) is 3.53. The number of aromatic nitrogens is 2. The average Bonchev–Trinajstić information content (AvgIpc) is 2.57. The standard InChI is InChI=1S/C9H15N3O/c1-7-4-8(2-3-13-7)12-9-5-10-11-6-9/h5-8,12H,2-4H2,1H3,(H,10,11). The van der Waals surface area contributed by atoms with E-state index in [2.05, 4.69) is 22.4 Å². The fourth-order valence-electron chi connectivity index (χ4n) is 1.69. The summed E-state index contributed by atoms with van der Waals surface area (Å²) in [7, 11) is 0. The van der Waals surface area contributed by atoms with Crippen LogP contribution in [0.25, 0.3) is 0 Å². The van der Waals surface area contributed by atoms with E-state index in [0.29, 0.717) is 12.1 Å². The predicted octanol–water partition coefficient (Wildman–Crippen LogP) is 1.39. The molecule has 1 aromatic rings. The largest absolute Gasteiger partial charge is 0.380 e. The van der Waals surface area contributed by atoms with E-state index in [1.165, 1.54) is 0 Å². The lowest BCUT2D eigenvalue weighted by Gasteiger charge is -2.28. The smallest absolute Gasteiger partial charge is 0.0725 e. The number of nitrogens with zero attached hydrogens (tertiary/aromatic N) is 1. The van der Waals surface area contributed by atoms with Crippen molar-refractivity contribution in [3.63, 3.8) is 0 Å². The highest BCUT2D eigenvalue weighted by atomic mass is 16.5. The van der Waals surface area contributed by atoms with Crippen LogP contribution >= 0.6 is 0 Å². The van der Waals surface area contributed by atoms with Gasteiger partial charge in [-0.1, -0.05) is 0 Å². The first kappa shape index (κ1) is 8.56. The molecule has 0 spiro atoms. The Morgan fingerprint density at radius 1 is 1.69 bits per heavy atom. The van der Waals surface area contributed by atoms with Crippen molar-refractivity contribution in [3.05, 3.63) is 12.4 Å². The zero-order valence-corrected chi connectivity index (χ0v) is 7.79. The van der Waals surface area contributed by atoms with Crippen LogP contribution < -0.4 is 5.32 Å². The topological polar surface area (TPSA) is 49.9 Å². The Labute approximate surface area is 77.7 Å². The third-order valence-electron chi connectivity index (χ3n) is 2.35. The average molecular weight is 181 g/mol. The minimum Gasteiger partial charge on any atom is -0.380 e. The molecule has 13 heavy (non-hydrogen) atoms. The van der Waals surface area contributed by atoms with E-state index in [-0.39, 0.29) is 0 Å². The van der Waals surface area contributed by atoms with Crippen LogP contribution in [0.3, 0.4) is 0 Å². The number of nitrogens with one attached hydrogen (secondary N) is 2. The van der Waals surface area contributed by atoms with Crippen LogP contribution in [0.4, 0.5) is 5.69 Å². The molecule has 0 saturated carbocycles. The zero-order chi connectivity index (χ0) is 9.10. The molecular formula is C9H15N3O. The van der Waals surface area contributed by atoms with Crippen LogP contribution in [-0.2, 0) is 4.74 Å². The number of H-pyrrole nitrogens is 1. The Bertz CT molecular complexity index is 247. The number of hydrogen-bond acceptors (Lipinski definition) is 3. The fraction of sp³-hybridized carbons (Fsp3) is 0.667. The predicted molar refractivity (Wildman–Crippen MR) is 50.6 cm³/mol. The lowest BCUT2D eigenvalue weighted by molar-refractivity contribution is 0.0232. The van der Waals surface area contributed by atoms with Gasteiger partial charge in [-0.25, -0.2) is 0 Å². The van der Waals surface area contributed by atoms with Gasteiger partial charge in [0.05, 0.1) is 18.0 Å². The van der Waals surface area contributed by atoms with Gasteiger partial charge >= 0.3 is 0 Å². The first-order valence-electron chi connectivity index (χ1n) is 4.71. The molecule has 1 aliphatic rings. The third kappa shape index (κ3) is 2.21. The van der Waals surface area contributed by atoms with Crippen molar-refractivity contribution in [3.8, 4) is 0 Å². The van der Waals surface area contributed by atoms with Crippen LogP contribution in [0, 0.1) is 0 Å². The molecule has 2 atom stereocenters. The van der Waals surface area contributed by atoms with E-state index in [1.54, 1.807) is 6.20 Å². The number of hydrogen-bond donors (Lipinski definition) is 2. The summed E-state index contributed by atoms with van der Waals surface area (Å²) in [4.78, 5) is 0. The lowest BCUT2D eigenvalue weighted by Crippen LogP contribution is -2.32. The van der Waals surface area contributed by atoms with Gasteiger partial charge in [-0.3, -0.25) is 5.10 Å². The van der Waals surface area contributed by atoms with Crippen molar-refractivity contribution in [2.75, 3.05) is 11.9 Å². The molecular weight excluding hydrogens is 166 g/mol. The summed E-state index contributed by atoms with van der Waals surface area (Å²) in [6.07, 6.45) is 6.21. The fourth-order valence-corrected chi connectivity index (χ4v) is 1.69. The second-order valence-electron chi connectivity index (χ2n) is 3.53. The Morgan fingerprint density at radius 2 is 2.62 bits per heavy atom. The maximum Gasteiger partial charge on any atom is 0.0725 e. The number of anilines is 1. The highest BCUT2D eigenvalue weighted by Gasteiger charge is 2.18. The molecule has 72 valence electrons. The van der Waals surface area contributed by atoms with Gasteiger partial charge < -0.3 is 10.1 Å². The SMILES string of the molecule is CC1CC(Nc2cn[nH]c2)CCO1. The van der Waals surface area contributed by atoms with E-state index in [4.69, 9.17) is 4.74 Å². The molecule has 2 unspecified atom stereocenters. The molecule has 2 heterocycles. The monoisotopic (exact) mass is 181 g/mol. The Kier molecular flexibility index (Phi) is 2.49. The van der Waals surface area contributed by atoms with Crippen molar-refractivity contribution >= 4 is 5.69 Å². The molecule has 1 aromatic heterocycles. The van der Waals surface area contributed by atoms with E-state index < -0.39 is 0 Å². The van der Waals surface area contributed by atoms with E-state index in [0.717, 1.165) is 25.1 Å². The first-order chi connectivity index (χ1) is 6.34. The first-order valence-corrected chi connectivity index (χ1v) is 4.71. The van der Waals surface area contributed by atoms with Gasteiger partial charge in [-0.05, 0) is 19.8 Å². The molecule has 2 N–H and O–H groups in total. The molecule has 0 aromatic carbocycles. The molecule has 0 amide bonds. The Hall–Kier alpha value is -1.03. The van der Waals surface area contributed by atoms with Gasteiger partial charge in [0.2, 0.25) is 0 Å². The third-order valence-corrected chi connectivity index (χ3v) is 2.35. The maximum absolute atomic E-state index is 5.46. The van der Waals surface area contributed by atoms with Crippen LogP contribution in [0.15, 0.2) is 12.4 Å². The molecule has 1 fully saturated rings. The zero-order valence-electron chi connectivity index (χ0n) is 7.79. The molecule has 2 rings (SSSR count). The van der Waals surface area contributed by atoms with Gasteiger partial charge in [0.25, 0.3) is 0 Å². The molecule has 0 radical (unpaired) electrons. The highest BCUT2D eigenvalue weighted by Crippen LogP contribution is 2.17. The van der Waals surface area contributed by atoms with E-state index in [9.17, 15) is 0 Å². The molecule has 4 nitrogen and oxygen atoms in total. The quantitative estimate of drug-likeness (QED) is 0.724. The van der Waals surface area contributed by atoms with Gasteiger partial charge in [-0.2, -0.15) is 5.10 Å². The maximum atomic E-state index is 5.46. The van der Waals surface area contributed by atoms with Gasteiger partial charge in [0.15, 0.2) is 0 Å². The molecule has 0 bridgehead atoms. The van der Waals surface area contributed by atoms with Crippen molar-refractivity contribution in [2.24, 2.45) is 0 Å². The summed E-state index contributed by atoms with van der Waals surface area (Å²) in [6.45, 7) is 2.97. The summed E-state index contributed by atoms with van der Waals surface area (Å²) in [5, 5.41) is 10.1. The van der Waals surface area contributed by atoms with Crippen LogP contribution in [-0.4, -0.2) is 29.0 Å². The number of ether oxygens (including phenoxy) is 1. The van der Waals surface area contributed by atoms with Crippen molar-refractivity contribution in [1.29, 1.82) is 0 Å². The molecule has 1 aliphatic heterocycles. The van der Waals surface area contributed by atoms with Crippen molar-refractivity contribution < 1.29 is 4.74 Å². The summed E-state index contributed by atoms with van der Waals surface area (Å²) >= 11 is 0. The van der Waals surface area contributed by atoms with Crippen LogP contribution in [0.2, 0.25) is 0 Å². The molecule has 4 heteroatoms. The van der Waals surface area contributed by atoms with Crippen molar-refractivity contribution in [1.82, 2.24) is 10.2 Å². The number of aromatic amines is 1. The van der Waals surface area contributed by atoms with E-state index in [1.807, 2.05) is 6.20 Å². The van der Waals surface area contributed by atoms with Gasteiger partial charge in [0.1, 0.15) is 0 Å². The van der Waals surface area contributed by atoms with Gasteiger partial charge in [-0.15, -0.1) is 0 Å². The van der Waals surface area contributed by atoms with Crippen LogP contribution in [0.1, 0.15) is 19.8 Å². The normalized spacial score (nSPS) is 28.7. The number of rotatable bonds is 2. The Balaban J connectivity index is 1.87. The molecule has 0 aliphatic carbocycles. The van der Waals surface area contributed by atoms with Crippen LogP contribution in [0.5, 0.6) is 0 Å². The summed E-state index contributed by atoms with van der Waals surface area (Å²) in [5.74, 6) is 0. The summed E-state index contributed by atoms with van der Waals surface area (Å²) in [5.41, 5.74) is 1.07. The summed E-state index contributed by atoms with van der Waals surface area (Å²) in [6, 6.07) is 0.529.